The Morgan fingerprint density at radius 3 is 2.00 bits per heavy atom. The normalized spacial score (nSPS) is 18.3. The fraction of sp³-hybridized carbons (Fsp3) is 0.519. The smallest absolute Gasteiger partial charge is 0.307 e. The van der Waals surface area contributed by atoms with Gasteiger partial charge in [-0.1, -0.05) is 93.8 Å². The van der Waals surface area contributed by atoms with Crippen LogP contribution >= 0.6 is 0 Å². The molecule has 0 aromatic heterocycles. The minimum atomic E-state index is -0.624. The van der Waals surface area contributed by atoms with E-state index >= 15 is 0 Å². The number of hydrogen-bond donors (Lipinski definition) is 1. The number of rotatable bonds is 9. The molecule has 0 bridgehead atoms. The van der Waals surface area contributed by atoms with Crippen molar-refractivity contribution < 1.29 is 9.90 Å². The monoisotopic (exact) mass is 392 g/mol. The van der Waals surface area contributed by atoms with E-state index in [0.717, 1.165) is 18.4 Å². The second-order valence-corrected chi connectivity index (χ2v) is 9.17. The summed E-state index contributed by atoms with van der Waals surface area (Å²) in [6.45, 7) is 4.53. The van der Waals surface area contributed by atoms with Gasteiger partial charge in [-0.25, -0.2) is 0 Å². The Labute approximate surface area is 176 Å². The highest BCUT2D eigenvalue weighted by Crippen LogP contribution is 2.53. The van der Waals surface area contributed by atoms with Gasteiger partial charge < -0.3 is 5.11 Å². The molecule has 2 atom stereocenters. The van der Waals surface area contributed by atoms with Crippen LogP contribution in [0.5, 0.6) is 0 Å². The molecule has 2 aromatic carbocycles. The van der Waals surface area contributed by atoms with Gasteiger partial charge in [-0.2, -0.15) is 0 Å². The maximum Gasteiger partial charge on any atom is 0.307 e. The average Bonchev–Trinajstić information content (AvgIpc) is 2.75. The van der Waals surface area contributed by atoms with E-state index in [-0.39, 0.29) is 11.3 Å². The van der Waals surface area contributed by atoms with Crippen LogP contribution in [0.15, 0.2) is 60.7 Å². The van der Waals surface area contributed by atoms with Crippen molar-refractivity contribution in [3.8, 4) is 0 Å². The highest BCUT2D eigenvalue weighted by atomic mass is 16.4. The zero-order valence-corrected chi connectivity index (χ0v) is 18.0. The van der Waals surface area contributed by atoms with Gasteiger partial charge in [-0.3, -0.25) is 4.79 Å². The Morgan fingerprint density at radius 2 is 1.48 bits per heavy atom. The maximum absolute atomic E-state index is 12.7. The first-order valence-corrected chi connectivity index (χ1v) is 11.3. The second-order valence-electron chi connectivity index (χ2n) is 9.17. The van der Waals surface area contributed by atoms with E-state index < -0.39 is 5.97 Å². The SMILES string of the molecule is CC(C)C(CCc1ccccc1)(C1CCCCC1)C(Cc1ccccc1)C(=O)O. The van der Waals surface area contributed by atoms with E-state index in [0.29, 0.717) is 18.3 Å². The minimum Gasteiger partial charge on any atom is -0.481 e. The van der Waals surface area contributed by atoms with Crippen LogP contribution in [0.2, 0.25) is 0 Å². The average molecular weight is 393 g/mol. The third-order valence-corrected chi connectivity index (χ3v) is 7.36. The zero-order valence-electron chi connectivity index (χ0n) is 18.0. The lowest BCUT2D eigenvalue weighted by Gasteiger charge is -2.50. The summed E-state index contributed by atoms with van der Waals surface area (Å²) in [5, 5.41) is 10.4. The highest BCUT2D eigenvalue weighted by molar-refractivity contribution is 5.71. The van der Waals surface area contributed by atoms with Crippen molar-refractivity contribution >= 4 is 5.97 Å². The molecule has 156 valence electrons. The lowest BCUT2D eigenvalue weighted by Crippen LogP contribution is -2.48. The van der Waals surface area contributed by atoms with Crippen LogP contribution in [-0.2, 0) is 17.6 Å². The molecule has 2 heteroatoms. The summed E-state index contributed by atoms with van der Waals surface area (Å²) in [5.74, 6) is -0.151. The van der Waals surface area contributed by atoms with Gasteiger partial charge in [0.2, 0.25) is 0 Å². The number of aliphatic carboxylic acids is 1. The van der Waals surface area contributed by atoms with Crippen LogP contribution in [0.25, 0.3) is 0 Å². The molecule has 1 N–H and O–H groups in total. The van der Waals surface area contributed by atoms with Gasteiger partial charge in [0.15, 0.2) is 0 Å². The first-order valence-electron chi connectivity index (χ1n) is 11.3. The van der Waals surface area contributed by atoms with Crippen molar-refractivity contribution in [1.82, 2.24) is 0 Å². The lowest BCUT2D eigenvalue weighted by atomic mass is 9.54. The third kappa shape index (κ3) is 5.10. The number of hydrogen-bond acceptors (Lipinski definition) is 1. The van der Waals surface area contributed by atoms with Crippen LogP contribution < -0.4 is 0 Å². The molecular weight excluding hydrogens is 356 g/mol. The van der Waals surface area contributed by atoms with E-state index in [9.17, 15) is 9.90 Å². The minimum absolute atomic E-state index is 0.183. The third-order valence-electron chi connectivity index (χ3n) is 7.36. The summed E-state index contributed by atoms with van der Waals surface area (Å²) in [7, 11) is 0. The molecule has 0 saturated heterocycles. The van der Waals surface area contributed by atoms with Crippen molar-refractivity contribution in [3.05, 3.63) is 71.8 Å². The van der Waals surface area contributed by atoms with E-state index in [1.165, 1.54) is 37.7 Å². The van der Waals surface area contributed by atoms with Gasteiger partial charge in [0, 0.05) is 0 Å². The fourth-order valence-corrected chi connectivity index (χ4v) is 5.83. The van der Waals surface area contributed by atoms with Gasteiger partial charge in [0.1, 0.15) is 0 Å². The molecule has 2 aromatic rings. The lowest BCUT2D eigenvalue weighted by molar-refractivity contribution is -0.153. The number of carboxylic acids is 1. The predicted octanol–water partition coefficient (Wildman–Crippen LogP) is 6.79. The van der Waals surface area contributed by atoms with Crippen LogP contribution in [0.1, 0.15) is 63.5 Å². The number of aryl methyl sites for hydroxylation is 1. The van der Waals surface area contributed by atoms with E-state index in [1.54, 1.807) is 0 Å². The van der Waals surface area contributed by atoms with Gasteiger partial charge >= 0.3 is 5.97 Å². The molecule has 1 saturated carbocycles. The molecule has 1 aliphatic rings. The van der Waals surface area contributed by atoms with Crippen molar-refractivity contribution in [3.63, 3.8) is 0 Å². The first-order chi connectivity index (χ1) is 14.0. The number of carbonyl (C=O) groups is 1. The van der Waals surface area contributed by atoms with Crippen molar-refractivity contribution in [1.29, 1.82) is 0 Å². The van der Waals surface area contributed by atoms with Crippen LogP contribution in [0.4, 0.5) is 0 Å². The van der Waals surface area contributed by atoms with Crippen LogP contribution in [0, 0.1) is 23.2 Å². The van der Waals surface area contributed by atoms with E-state index in [2.05, 4.69) is 56.3 Å². The van der Waals surface area contributed by atoms with Gasteiger partial charge in [0.25, 0.3) is 0 Å². The van der Waals surface area contributed by atoms with Gasteiger partial charge in [0.05, 0.1) is 5.92 Å². The Bertz CT molecular complexity index is 747. The summed E-state index contributed by atoms with van der Waals surface area (Å²) in [5.41, 5.74) is 2.27. The van der Waals surface area contributed by atoms with Crippen LogP contribution in [0.3, 0.4) is 0 Å². The molecule has 0 spiro atoms. The topological polar surface area (TPSA) is 37.3 Å². The standard InChI is InChI=1S/C27H36O2/c1-21(2)27(24-16-10-5-11-17-24,19-18-22-12-6-3-7-13-22)25(26(28)29)20-23-14-8-4-9-15-23/h3-4,6-9,12-15,21,24-25H,5,10-11,16-20H2,1-2H3,(H,28,29). The molecule has 29 heavy (non-hydrogen) atoms. The Kier molecular flexibility index (Phi) is 7.52. The molecular formula is C27H36O2. The largest absolute Gasteiger partial charge is 0.481 e. The number of benzene rings is 2. The zero-order chi connectivity index (χ0) is 20.7. The summed E-state index contributed by atoms with van der Waals surface area (Å²) < 4.78 is 0. The fourth-order valence-electron chi connectivity index (χ4n) is 5.83. The Hall–Kier alpha value is -2.09. The van der Waals surface area contributed by atoms with Crippen molar-refractivity contribution in [2.75, 3.05) is 0 Å². The van der Waals surface area contributed by atoms with Crippen molar-refractivity contribution in [2.24, 2.45) is 23.2 Å². The summed E-state index contributed by atoms with van der Waals surface area (Å²) >= 11 is 0. The molecule has 3 rings (SSSR count). The van der Waals surface area contributed by atoms with E-state index in [4.69, 9.17) is 0 Å². The van der Waals surface area contributed by atoms with E-state index in [1.807, 2.05) is 18.2 Å². The first kappa shape index (κ1) is 21.6. The number of carboxylic acid groups (broad SMARTS) is 1. The molecule has 0 radical (unpaired) electrons. The Morgan fingerprint density at radius 1 is 0.931 bits per heavy atom. The molecule has 1 aliphatic carbocycles. The summed E-state index contributed by atoms with van der Waals surface area (Å²) in [6, 6.07) is 20.8. The second kappa shape index (κ2) is 10.1. The summed E-state index contributed by atoms with van der Waals surface area (Å²) in [4.78, 5) is 12.7. The molecule has 1 fully saturated rings. The Balaban J connectivity index is 1.98. The van der Waals surface area contributed by atoms with Crippen LogP contribution in [-0.4, -0.2) is 11.1 Å². The van der Waals surface area contributed by atoms with Crippen molar-refractivity contribution in [2.45, 2.75) is 65.2 Å². The summed E-state index contributed by atoms with van der Waals surface area (Å²) in [6.07, 6.45) is 8.64. The maximum atomic E-state index is 12.7. The molecule has 0 heterocycles. The molecule has 2 nitrogen and oxygen atoms in total. The van der Waals surface area contributed by atoms with Gasteiger partial charge in [-0.15, -0.1) is 0 Å². The van der Waals surface area contributed by atoms with Gasteiger partial charge in [-0.05, 0) is 60.5 Å². The highest BCUT2D eigenvalue weighted by Gasteiger charge is 2.50. The molecule has 0 amide bonds. The predicted molar refractivity (Wildman–Crippen MR) is 120 cm³/mol. The molecule has 2 unspecified atom stereocenters. The quantitative estimate of drug-likeness (QED) is 0.510. The molecule has 0 aliphatic heterocycles.